The number of likely N-dealkylation sites (N-methyl/N-ethyl adjacent to an activating group) is 1. The van der Waals surface area contributed by atoms with Crippen LogP contribution in [-0.2, 0) is 0 Å². The summed E-state index contributed by atoms with van der Waals surface area (Å²) in [5.74, 6) is 0. The molecule has 102 valence electrons. The highest BCUT2D eigenvalue weighted by atomic mass is 15.2. The second kappa shape index (κ2) is 4.71. The number of fused-ring (bicyclic) bond motifs is 3. The van der Waals surface area contributed by atoms with Crippen molar-refractivity contribution in [3.63, 3.8) is 0 Å². The Morgan fingerprint density at radius 3 is 3.05 bits per heavy atom. The highest BCUT2D eigenvalue weighted by Crippen LogP contribution is 2.37. The quantitative estimate of drug-likeness (QED) is 0.777. The second-order valence-electron chi connectivity index (χ2n) is 6.12. The first-order valence-corrected chi connectivity index (χ1v) is 7.59. The van der Waals surface area contributed by atoms with Crippen molar-refractivity contribution >= 4 is 16.3 Å². The van der Waals surface area contributed by atoms with Crippen LogP contribution in [0.1, 0.15) is 31.2 Å². The van der Waals surface area contributed by atoms with Crippen LogP contribution in [-0.4, -0.2) is 29.0 Å². The normalized spacial score (nSPS) is 26.6. The third-order valence-corrected chi connectivity index (χ3v) is 5.01. The number of rotatable bonds is 1. The van der Waals surface area contributed by atoms with E-state index in [1.807, 2.05) is 12.4 Å². The number of hydrogen-bond donors (Lipinski definition) is 0. The zero-order valence-electron chi connectivity index (χ0n) is 11.9. The number of piperidine rings is 1. The van der Waals surface area contributed by atoms with Crippen LogP contribution in [0.4, 0.5) is 0 Å². The van der Waals surface area contributed by atoms with Gasteiger partial charge in [-0.15, -0.1) is 0 Å². The summed E-state index contributed by atoms with van der Waals surface area (Å²) < 4.78 is 0. The van der Waals surface area contributed by atoms with Crippen LogP contribution in [0.5, 0.6) is 0 Å². The maximum Gasteiger partial charge on any atom is 0.0346 e. The van der Waals surface area contributed by atoms with E-state index in [1.54, 1.807) is 0 Å². The van der Waals surface area contributed by atoms with Crippen LogP contribution >= 0.6 is 0 Å². The third-order valence-electron chi connectivity index (χ3n) is 5.01. The molecule has 2 atom stereocenters. The molecule has 2 heteroatoms. The first-order valence-electron chi connectivity index (χ1n) is 7.59. The van der Waals surface area contributed by atoms with Gasteiger partial charge in [0, 0.05) is 29.9 Å². The average molecular weight is 264 g/mol. The van der Waals surface area contributed by atoms with Crippen molar-refractivity contribution < 1.29 is 0 Å². The van der Waals surface area contributed by atoms with Crippen LogP contribution in [0.15, 0.2) is 42.7 Å². The Bertz CT molecular complexity index is 669. The summed E-state index contributed by atoms with van der Waals surface area (Å²) in [6.45, 7) is 0. The van der Waals surface area contributed by atoms with E-state index in [4.69, 9.17) is 0 Å². The standard InChI is InChI=1S/C18H20N2/c1-20-15-5-3-6-16(20)11-14(10-15)17-7-2-4-13-12-19-9-8-18(13)17/h2,4,7-10,12,15-16H,3,5-6,11H2,1H3. The molecule has 4 rings (SSSR count). The van der Waals surface area contributed by atoms with Gasteiger partial charge in [0.2, 0.25) is 0 Å². The molecule has 2 aliphatic heterocycles. The summed E-state index contributed by atoms with van der Waals surface area (Å²) >= 11 is 0. The van der Waals surface area contributed by atoms with Crippen molar-refractivity contribution in [3.05, 3.63) is 48.3 Å². The van der Waals surface area contributed by atoms with E-state index in [9.17, 15) is 0 Å². The zero-order valence-corrected chi connectivity index (χ0v) is 11.9. The van der Waals surface area contributed by atoms with Crippen LogP contribution < -0.4 is 0 Å². The molecule has 2 unspecified atom stereocenters. The summed E-state index contributed by atoms with van der Waals surface area (Å²) in [5.41, 5.74) is 2.95. The van der Waals surface area contributed by atoms with E-state index >= 15 is 0 Å². The fourth-order valence-corrected chi connectivity index (χ4v) is 3.84. The second-order valence-corrected chi connectivity index (χ2v) is 6.12. The van der Waals surface area contributed by atoms with Crippen molar-refractivity contribution in [1.82, 2.24) is 9.88 Å². The lowest BCUT2D eigenvalue weighted by Crippen LogP contribution is -2.45. The van der Waals surface area contributed by atoms with Crippen molar-refractivity contribution in [2.24, 2.45) is 0 Å². The van der Waals surface area contributed by atoms with Gasteiger partial charge in [-0.05, 0) is 48.9 Å². The fourth-order valence-electron chi connectivity index (χ4n) is 3.84. The molecule has 2 nitrogen and oxygen atoms in total. The maximum absolute atomic E-state index is 4.24. The van der Waals surface area contributed by atoms with Gasteiger partial charge in [0.1, 0.15) is 0 Å². The van der Waals surface area contributed by atoms with E-state index in [2.05, 4.69) is 47.3 Å². The molecule has 0 aliphatic carbocycles. The molecule has 0 spiro atoms. The van der Waals surface area contributed by atoms with Gasteiger partial charge >= 0.3 is 0 Å². The molecule has 1 saturated heterocycles. The largest absolute Gasteiger partial charge is 0.297 e. The van der Waals surface area contributed by atoms with Gasteiger partial charge in [0.15, 0.2) is 0 Å². The number of hydrogen-bond acceptors (Lipinski definition) is 2. The molecule has 0 N–H and O–H groups in total. The highest BCUT2D eigenvalue weighted by Gasteiger charge is 2.31. The predicted molar refractivity (Wildman–Crippen MR) is 83.5 cm³/mol. The smallest absolute Gasteiger partial charge is 0.0346 e. The summed E-state index contributed by atoms with van der Waals surface area (Å²) in [6.07, 6.45) is 11.6. The Hall–Kier alpha value is -1.67. The monoisotopic (exact) mass is 264 g/mol. The lowest BCUT2D eigenvalue weighted by Gasteiger charge is -2.43. The third kappa shape index (κ3) is 1.87. The molecular formula is C18H20N2. The minimum absolute atomic E-state index is 0.634. The Morgan fingerprint density at radius 2 is 2.15 bits per heavy atom. The molecule has 0 radical (unpaired) electrons. The van der Waals surface area contributed by atoms with Gasteiger partial charge in [-0.3, -0.25) is 9.88 Å². The number of nitrogens with zero attached hydrogens (tertiary/aromatic N) is 2. The van der Waals surface area contributed by atoms with E-state index in [0.29, 0.717) is 6.04 Å². The molecule has 3 heterocycles. The molecule has 1 aromatic carbocycles. The number of benzene rings is 1. The van der Waals surface area contributed by atoms with Crippen LogP contribution in [0, 0.1) is 0 Å². The number of aromatic nitrogens is 1. The summed E-state index contributed by atoms with van der Waals surface area (Å²) in [4.78, 5) is 6.81. The highest BCUT2D eigenvalue weighted by molar-refractivity contribution is 5.93. The van der Waals surface area contributed by atoms with Gasteiger partial charge in [-0.25, -0.2) is 0 Å². The molecule has 2 bridgehead atoms. The van der Waals surface area contributed by atoms with Gasteiger partial charge in [0.05, 0.1) is 0 Å². The van der Waals surface area contributed by atoms with Crippen LogP contribution in [0.25, 0.3) is 16.3 Å². The summed E-state index contributed by atoms with van der Waals surface area (Å²) in [5, 5.41) is 2.59. The first kappa shape index (κ1) is 12.1. The Balaban J connectivity index is 1.84. The van der Waals surface area contributed by atoms with E-state index in [-0.39, 0.29) is 0 Å². The van der Waals surface area contributed by atoms with Gasteiger partial charge < -0.3 is 0 Å². The lowest BCUT2D eigenvalue weighted by molar-refractivity contribution is 0.137. The Morgan fingerprint density at radius 1 is 1.20 bits per heavy atom. The summed E-state index contributed by atoms with van der Waals surface area (Å²) in [7, 11) is 2.29. The van der Waals surface area contributed by atoms with Crippen LogP contribution in [0.3, 0.4) is 0 Å². The minimum Gasteiger partial charge on any atom is -0.297 e. The SMILES string of the molecule is CN1C2C=C(c3cccc4cnccc34)CC1CCC2. The Kier molecular flexibility index (Phi) is 2.85. The lowest BCUT2D eigenvalue weighted by atomic mass is 9.82. The molecule has 0 saturated carbocycles. The molecular weight excluding hydrogens is 244 g/mol. The summed E-state index contributed by atoms with van der Waals surface area (Å²) in [6, 6.07) is 10.1. The Labute approximate surface area is 120 Å². The molecule has 20 heavy (non-hydrogen) atoms. The molecule has 0 amide bonds. The van der Waals surface area contributed by atoms with E-state index in [1.165, 1.54) is 47.6 Å². The fraction of sp³-hybridized carbons (Fsp3) is 0.389. The van der Waals surface area contributed by atoms with Crippen molar-refractivity contribution in [2.75, 3.05) is 7.05 Å². The van der Waals surface area contributed by atoms with Gasteiger partial charge in [0.25, 0.3) is 0 Å². The van der Waals surface area contributed by atoms with Crippen molar-refractivity contribution in [1.29, 1.82) is 0 Å². The molecule has 1 aromatic heterocycles. The average Bonchev–Trinajstić information content (AvgIpc) is 2.46. The van der Waals surface area contributed by atoms with E-state index in [0.717, 1.165) is 6.04 Å². The molecule has 1 fully saturated rings. The van der Waals surface area contributed by atoms with Gasteiger partial charge in [-0.2, -0.15) is 0 Å². The topological polar surface area (TPSA) is 16.1 Å². The van der Waals surface area contributed by atoms with Crippen molar-refractivity contribution in [3.8, 4) is 0 Å². The number of pyridine rings is 1. The van der Waals surface area contributed by atoms with Crippen LogP contribution in [0.2, 0.25) is 0 Å². The first-order chi connectivity index (χ1) is 9.83. The predicted octanol–water partition coefficient (Wildman–Crippen LogP) is 3.87. The van der Waals surface area contributed by atoms with Gasteiger partial charge in [-0.1, -0.05) is 30.7 Å². The zero-order chi connectivity index (χ0) is 13.5. The van der Waals surface area contributed by atoms with Crippen molar-refractivity contribution in [2.45, 2.75) is 37.8 Å². The molecule has 2 aromatic rings. The maximum atomic E-state index is 4.24. The van der Waals surface area contributed by atoms with E-state index < -0.39 is 0 Å². The minimum atomic E-state index is 0.634. The molecule has 2 aliphatic rings.